The van der Waals surface area contributed by atoms with E-state index in [-0.39, 0.29) is 18.7 Å². The van der Waals surface area contributed by atoms with Gasteiger partial charge in [-0.2, -0.15) is 0 Å². The van der Waals surface area contributed by atoms with Crippen LogP contribution in [0.25, 0.3) is 0 Å². The van der Waals surface area contributed by atoms with Crippen molar-refractivity contribution in [2.75, 3.05) is 33.4 Å². The Morgan fingerprint density at radius 2 is 1.87 bits per heavy atom. The third-order valence-corrected chi connectivity index (χ3v) is 3.88. The molecule has 1 amide bonds. The molecule has 0 bridgehead atoms. The molecule has 2 rings (SSSR count). The molecule has 0 aromatic heterocycles. The fourth-order valence-electron chi connectivity index (χ4n) is 2.46. The van der Waals surface area contributed by atoms with Crippen molar-refractivity contribution in [1.82, 2.24) is 4.90 Å². The highest BCUT2D eigenvalue weighted by Gasteiger charge is 2.24. The Morgan fingerprint density at radius 3 is 2.52 bits per heavy atom. The number of nitrogens with zero attached hydrogens (tertiary/aromatic N) is 1. The van der Waals surface area contributed by atoms with Crippen molar-refractivity contribution < 1.29 is 23.8 Å². The van der Waals surface area contributed by atoms with Crippen LogP contribution in [0.2, 0.25) is 0 Å². The van der Waals surface area contributed by atoms with Crippen LogP contribution >= 0.6 is 0 Å². The average Bonchev–Trinajstić information content (AvgIpc) is 2.61. The highest BCUT2D eigenvalue weighted by Crippen LogP contribution is 2.18. The number of rotatable bonds is 6. The Morgan fingerprint density at radius 1 is 1.17 bits per heavy atom. The largest absolute Gasteiger partial charge is 0.467 e. The van der Waals surface area contributed by atoms with Crippen molar-refractivity contribution in [2.24, 2.45) is 5.92 Å². The molecule has 126 valence electrons. The molecule has 0 radical (unpaired) electrons. The fourth-order valence-corrected chi connectivity index (χ4v) is 2.46. The minimum absolute atomic E-state index is 0.0180. The van der Waals surface area contributed by atoms with E-state index < -0.39 is 0 Å². The van der Waals surface area contributed by atoms with Crippen molar-refractivity contribution in [1.29, 1.82) is 0 Å². The Hall–Kier alpha value is -2.08. The second kappa shape index (κ2) is 9.15. The normalized spacial score (nSPS) is 15.3. The van der Waals surface area contributed by atoms with Gasteiger partial charge in [-0.1, -0.05) is 30.3 Å². The average molecular weight is 321 g/mol. The number of ether oxygens (including phenoxy) is 3. The van der Waals surface area contributed by atoms with Crippen LogP contribution in [0.1, 0.15) is 18.4 Å². The summed E-state index contributed by atoms with van der Waals surface area (Å²) in [5.41, 5.74) is 0.979. The second-order valence-corrected chi connectivity index (χ2v) is 5.56. The minimum atomic E-state index is -0.369. The van der Waals surface area contributed by atoms with Crippen molar-refractivity contribution in [2.45, 2.75) is 19.4 Å². The Kier molecular flexibility index (Phi) is 6.87. The second-order valence-electron chi connectivity index (χ2n) is 5.56. The molecule has 0 N–H and O–H groups in total. The summed E-state index contributed by atoms with van der Waals surface area (Å²) in [4.78, 5) is 24.7. The lowest BCUT2D eigenvalue weighted by atomic mass is 9.98. The number of benzene rings is 1. The van der Waals surface area contributed by atoms with E-state index in [9.17, 15) is 9.59 Å². The van der Waals surface area contributed by atoms with Crippen molar-refractivity contribution in [3.63, 3.8) is 0 Å². The van der Waals surface area contributed by atoms with Gasteiger partial charge in [-0.05, 0) is 24.3 Å². The molecule has 0 spiro atoms. The van der Waals surface area contributed by atoms with Crippen molar-refractivity contribution in [3.8, 4) is 0 Å². The number of carbonyl (C=O) groups is 2. The van der Waals surface area contributed by atoms with Crippen LogP contribution in [0, 0.1) is 5.92 Å². The van der Waals surface area contributed by atoms with Gasteiger partial charge >= 0.3 is 12.1 Å². The number of hydrogen-bond donors (Lipinski definition) is 0. The van der Waals surface area contributed by atoms with Crippen molar-refractivity contribution in [3.05, 3.63) is 35.9 Å². The summed E-state index contributed by atoms with van der Waals surface area (Å²) in [5.74, 6) is -0.00949. The zero-order chi connectivity index (χ0) is 16.5. The molecule has 0 saturated carbocycles. The van der Waals surface area contributed by atoms with E-state index in [1.807, 2.05) is 30.3 Å². The molecule has 1 aromatic rings. The van der Waals surface area contributed by atoms with Gasteiger partial charge in [0.05, 0.1) is 13.7 Å². The van der Waals surface area contributed by atoms with Gasteiger partial charge < -0.3 is 19.1 Å². The lowest BCUT2D eigenvalue weighted by Crippen LogP contribution is -2.39. The predicted molar refractivity (Wildman–Crippen MR) is 83.8 cm³/mol. The van der Waals surface area contributed by atoms with Crippen LogP contribution in [0.4, 0.5) is 4.79 Å². The van der Waals surface area contributed by atoms with E-state index >= 15 is 0 Å². The molecule has 1 aliphatic rings. The number of amides is 1. The lowest BCUT2D eigenvalue weighted by Gasteiger charge is -2.31. The zero-order valence-corrected chi connectivity index (χ0v) is 13.4. The van der Waals surface area contributed by atoms with E-state index in [2.05, 4.69) is 4.74 Å². The maximum atomic E-state index is 12.0. The van der Waals surface area contributed by atoms with Gasteiger partial charge in [-0.25, -0.2) is 9.59 Å². The number of methoxy groups -OCH3 is 1. The standard InChI is InChI=1S/C17H23NO5/c1-21-16(19)13-22-11-15-7-9-18(10-8-15)17(20)23-12-14-5-3-2-4-6-14/h2-6,15H,7-13H2,1H3. The van der Waals surface area contributed by atoms with E-state index in [1.54, 1.807) is 4.90 Å². The first-order valence-electron chi connectivity index (χ1n) is 7.79. The zero-order valence-electron chi connectivity index (χ0n) is 13.4. The van der Waals surface area contributed by atoms with Gasteiger partial charge in [-0.3, -0.25) is 0 Å². The Labute approximate surface area is 136 Å². The lowest BCUT2D eigenvalue weighted by molar-refractivity contribution is -0.146. The number of carbonyl (C=O) groups excluding carboxylic acids is 2. The Balaban J connectivity index is 1.63. The van der Waals surface area contributed by atoms with Gasteiger partial charge in [0.15, 0.2) is 0 Å². The number of esters is 1. The van der Waals surface area contributed by atoms with Gasteiger partial charge in [0.25, 0.3) is 0 Å². The van der Waals surface area contributed by atoms with Crippen LogP contribution in [0.3, 0.4) is 0 Å². The summed E-state index contributed by atoms with van der Waals surface area (Å²) < 4.78 is 15.2. The third kappa shape index (κ3) is 5.90. The van der Waals surface area contributed by atoms with Gasteiger partial charge in [0.1, 0.15) is 13.2 Å². The molecule has 6 heteroatoms. The summed E-state index contributed by atoms with van der Waals surface area (Å²) in [6.07, 6.45) is 1.42. The van der Waals surface area contributed by atoms with E-state index in [4.69, 9.17) is 9.47 Å². The maximum absolute atomic E-state index is 12.0. The summed E-state index contributed by atoms with van der Waals surface area (Å²) in [6.45, 7) is 2.10. The molecular weight excluding hydrogens is 298 g/mol. The van der Waals surface area contributed by atoms with E-state index in [1.165, 1.54) is 7.11 Å². The van der Waals surface area contributed by atoms with E-state index in [0.29, 0.717) is 32.2 Å². The van der Waals surface area contributed by atoms with Crippen LogP contribution in [0.15, 0.2) is 30.3 Å². The number of piperidine rings is 1. The highest BCUT2D eigenvalue weighted by atomic mass is 16.6. The summed E-state index contributed by atoms with van der Waals surface area (Å²) >= 11 is 0. The number of likely N-dealkylation sites (tertiary alicyclic amines) is 1. The molecule has 1 aliphatic heterocycles. The van der Waals surface area contributed by atoms with Crippen LogP contribution in [-0.4, -0.2) is 50.4 Å². The van der Waals surface area contributed by atoms with Crippen LogP contribution < -0.4 is 0 Å². The Bertz CT molecular complexity index is 497. The summed E-state index contributed by atoms with van der Waals surface area (Å²) in [7, 11) is 1.34. The third-order valence-electron chi connectivity index (χ3n) is 3.88. The van der Waals surface area contributed by atoms with Gasteiger partial charge in [0, 0.05) is 13.1 Å². The molecule has 1 saturated heterocycles. The SMILES string of the molecule is COC(=O)COCC1CCN(C(=O)OCc2ccccc2)CC1. The topological polar surface area (TPSA) is 65.1 Å². The first-order valence-corrected chi connectivity index (χ1v) is 7.79. The van der Waals surface area contributed by atoms with Crippen LogP contribution in [0.5, 0.6) is 0 Å². The quantitative estimate of drug-likeness (QED) is 0.752. The molecule has 6 nitrogen and oxygen atoms in total. The summed E-state index contributed by atoms with van der Waals surface area (Å²) in [5, 5.41) is 0. The molecule has 1 aromatic carbocycles. The molecule has 23 heavy (non-hydrogen) atoms. The maximum Gasteiger partial charge on any atom is 0.410 e. The highest BCUT2D eigenvalue weighted by molar-refractivity contribution is 5.70. The molecule has 0 unspecified atom stereocenters. The van der Waals surface area contributed by atoms with Gasteiger partial charge in [0.2, 0.25) is 0 Å². The predicted octanol–water partition coefficient (Wildman–Crippen LogP) is 2.22. The van der Waals surface area contributed by atoms with Crippen molar-refractivity contribution >= 4 is 12.1 Å². The van der Waals surface area contributed by atoms with Gasteiger partial charge in [-0.15, -0.1) is 0 Å². The smallest absolute Gasteiger partial charge is 0.410 e. The first kappa shape index (κ1) is 17.3. The molecular formula is C17H23NO5. The fraction of sp³-hybridized carbons (Fsp3) is 0.529. The molecule has 1 heterocycles. The monoisotopic (exact) mass is 321 g/mol. The molecule has 0 atom stereocenters. The van der Waals surface area contributed by atoms with Crippen LogP contribution in [-0.2, 0) is 25.6 Å². The molecule has 1 fully saturated rings. The first-order chi connectivity index (χ1) is 11.2. The minimum Gasteiger partial charge on any atom is -0.467 e. The van der Waals surface area contributed by atoms with E-state index in [0.717, 1.165) is 18.4 Å². The summed E-state index contributed by atoms with van der Waals surface area (Å²) in [6, 6.07) is 9.63. The molecule has 0 aliphatic carbocycles. The number of hydrogen-bond acceptors (Lipinski definition) is 5.